The van der Waals surface area contributed by atoms with Gasteiger partial charge in [-0.3, -0.25) is 20.6 Å². The van der Waals surface area contributed by atoms with Gasteiger partial charge in [0.05, 0.1) is 52.2 Å². The van der Waals surface area contributed by atoms with E-state index in [0.29, 0.717) is 59.6 Å². The molecule has 512 valence electrons. The van der Waals surface area contributed by atoms with E-state index in [9.17, 15) is 9.59 Å². The van der Waals surface area contributed by atoms with Gasteiger partial charge in [0.1, 0.15) is 59.6 Å². The highest BCUT2D eigenvalue weighted by Crippen LogP contribution is 2.35. The number of amides is 3. The Balaban J connectivity index is 0.000000163. The summed E-state index contributed by atoms with van der Waals surface area (Å²) in [4.78, 5) is 55.9. The van der Waals surface area contributed by atoms with Gasteiger partial charge in [-0.05, 0) is 117 Å². The lowest BCUT2D eigenvalue weighted by molar-refractivity contribution is 0.213. The number of anilines is 8. The van der Waals surface area contributed by atoms with Gasteiger partial charge in [-0.15, -0.1) is 0 Å². The topological polar surface area (TPSA) is 274 Å². The Labute approximate surface area is 586 Å². The maximum absolute atomic E-state index is 13.4. The Morgan fingerprint density at radius 2 is 0.950 bits per heavy atom. The van der Waals surface area contributed by atoms with Crippen LogP contribution in [0.1, 0.15) is 100 Å². The third kappa shape index (κ3) is 18.5. The summed E-state index contributed by atoms with van der Waals surface area (Å²) in [6, 6.07) is 55.5. The minimum absolute atomic E-state index is 0.155. The van der Waals surface area contributed by atoms with Crippen LogP contribution in [0.15, 0.2) is 219 Å². The second kappa shape index (κ2) is 31.7. The van der Waals surface area contributed by atoms with Gasteiger partial charge in [0, 0.05) is 87.2 Å². The molecule has 0 radical (unpaired) electrons. The molecule has 0 aliphatic rings. The van der Waals surface area contributed by atoms with Gasteiger partial charge in [0.2, 0.25) is 5.88 Å². The van der Waals surface area contributed by atoms with Crippen molar-refractivity contribution >= 4 is 80.0 Å². The molecule has 0 aliphatic carbocycles. The van der Waals surface area contributed by atoms with Crippen LogP contribution in [0.3, 0.4) is 0 Å². The maximum atomic E-state index is 13.4. The largest absolute Gasteiger partial charge is 0.488 e. The molecule has 0 atom stereocenters. The maximum Gasteiger partial charge on any atom is 0.419 e. The third-order valence-corrected chi connectivity index (χ3v) is 15.9. The van der Waals surface area contributed by atoms with E-state index < -0.39 is 6.09 Å². The van der Waals surface area contributed by atoms with E-state index in [1.165, 1.54) is 0 Å². The predicted octanol–water partition coefficient (Wildman–Crippen LogP) is 17.3. The lowest BCUT2D eigenvalue weighted by atomic mass is 9.92. The molecule has 13 rings (SSSR count). The van der Waals surface area contributed by atoms with Crippen molar-refractivity contribution in [1.82, 2.24) is 54.4 Å². The van der Waals surface area contributed by atoms with E-state index in [0.717, 1.165) is 102 Å². The van der Waals surface area contributed by atoms with E-state index in [1.807, 2.05) is 185 Å². The fourth-order valence-electron chi connectivity index (χ4n) is 10.4. The van der Waals surface area contributed by atoms with Crippen LogP contribution in [-0.4, -0.2) is 66.6 Å². The fourth-order valence-corrected chi connectivity index (χ4v) is 10.4. The number of ether oxygens (including phenoxy) is 3. The SMILES string of the molecule is CCc1cncc(Nc2cc(COc3ccc(N)c4ccccc34)ccn2)n1.CCc1cncc(Nc2cc(COc3ccc(NC(=O)Nc4cc(C(C)(C)C)nn4-c4ccc(C)cc4)c4ccccc34)ccn2)n1.Cc1ccc(-n2nc(C(C)(C)C)cc2NC(=O)Oc2ccccn2)cc1. The molecule has 0 aliphatic heterocycles. The molecular weight excluding hydrogens is 1270 g/mol. The molecule has 7 N–H and O–H groups in total. The first-order valence-electron chi connectivity index (χ1n) is 33.1. The normalized spacial score (nSPS) is 11.1. The number of nitrogen functional groups attached to an aromatic ring is 1. The Hall–Kier alpha value is -12.6. The van der Waals surface area contributed by atoms with Gasteiger partial charge >= 0.3 is 12.1 Å². The molecular formula is C79H81N17O5. The number of hydrogen-bond donors (Lipinski definition) is 6. The number of benzene rings is 6. The number of rotatable bonds is 18. The molecule has 7 heterocycles. The Morgan fingerprint density at radius 1 is 0.475 bits per heavy atom. The van der Waals surface area contributed by atoms with Crippen LogP contribution in [0.4, 0.5) is 55.9 Å². The van der Waals surface area contributed by atoms with Crippen LogP contribution in [0.5, 0.6) is 17.4 Å². The zero-order valence-electron chi connectivity index (χ0n) is 58.2. The third-order valence-electron chi connectivity index (χ3n) is 15.9. The molecule has 6 aromatic carbocycles. The van der Waals surface area contributed by atoms with Crippen molar-refractivity contribution in [3.8, 4) is 28.8 Å². The standard InChI is InChI=1S/C37H38N8O2.C22H21N5O.C20H22N4O2/c1-6-26-21-38-22-34(40-26)42-33-19-25(17-18-39-33)23-47-31-16-15-30(28-9-7-8-10-29(28)31)41-36(46)43-35-20-32(37(3,4)5)44-45(35)27-13-11-24(2)12-14-27;1-2-16-12-24-13-22(26-16)27-21-11-15(9-10-25-21)14-28-20-8-7-19(23)17-5-3-4-6-18(17)20;1-14-8-10-15(11-9-14)24-17(13-16(23-24)20(2,3)4)22-19(25)26-18-7-5-6-12-21-18/h7-22H,6,23H2,1-5H3,(H,39,40,42)(H2,41,43,46);3-13H,2,14,23H2,1H3,(H,25,26,27);5-13H,1-4H3,(H,22,25). The minimum atomic E-state index is -0.613. The molecule has 0 fully saturated rings. The van der Waals surface area contributed by atoms with Gasteiger partial charge in [0.25, 0.3) is 0 Å². The molecule has 0 saturated heterocycles. The number of nitrogens with zero attached hydrogens (tertiary/aromatic N) is 11. The molecule has 101 heavy (non-hydrogen) atoms. The zero-order valence-corrected chi connectivity index (χ0v) is 58.2. The summed E-state index contributed by atoms with van der Waals surface area (Å²) in [5.74, 6) is 5.54. The number of aromatic nitrogens is 11. The first-order chi connectivity index (χ1) is 48.7. The van der Waals surface area contributed by atoms with E-state index in [-0.39, 0.29) is 22.7 Å². The van der Waals surface area contributed by atoms with Crippen molar-refractivity contribution in [2.24, 2.45) is 0 Å². The van der Waals surface area contributed by atoms with Crippen LogP contribution in [0, 0.1) is 13.8 Å². The van der Waals surface area contributed by atoms with Gasteiger partial charge in [-0.2, -0.15) is 10.2 Å². The summed E-state index contributed by atoms with van der Waals surface area (Å²) in [5, 5.41) is 28.5. The highest BCUT2D eigenvalue weighted by molar-refractivity contribution is 6.07. The number of aryl methyl sites for hydroxylation is 4. The molecule has 0 spiro atoms. The van der Waals surface area contributed by atoms with E-state index in [4.69, 9.17) is 25.0 Å². The number of carbonyl (C=O) groups excluding carboxylic acids is 2. The second-order valence-corrected chi connectivity index (χ2v) is 25.9. The number of nitrogens with two attached hydrogens (primary N) is 1. The number of hydrogen-bond acceptors (Lipinski definition) is 17. The predicted molar refractivity (Wildman–Crippen MR) is 399 cm³/mol. The minimum Gasteiger partial charge on any atom is -0.488 e. The first-order valence-corrected chi connectivity index (χ1v) is 33.1. The number of pyridine rings is 3. The van der Waals surface area contributed by atoms with Gasteiger partial charge in [-0.1, -0.05) is 145 Å². The van der Waals surface area contributed by atoms with Crippen molar-refractivity contribution in [2.45, 2.75) is 106 Å². The molecule has 7 aromatic heterocycles. The second-order valence-electron chi connectivity index (χ2n) is 25.9. The Kier molecular flexibility index (Phi) is 21.9. The number of urea groups is 1. The number of carbonyl (C=O) groups is 2. The van der Waals surface area contributed by atoms with E-state index in [1.54, 1.807) is 70.9 Å². The fraction of sp³-hybridized carbons (Fsp3) is 0.203. The number of nitrogens with one attached hydrogen (secondary N) is 5. The molecule has 0 bridgehead atoms. The molecule has 22 heteroatoms. The Bertz CT molecular complexity index is 4990. The summed E-state index contributed by atoms with van der Waals surface area (Å²) >= 11 is 0. The molecule has 0 saturated carbocycles. The summed E-state index contributed by atoms with van der Waals surface area (Å²) in [6.45, 7) is 21.4. The smallest absolute Gasteiger partial charge is 0.419 e. The average Bonchev–Trinajstić information content (AvgIpc) is 1.79. The van der Waals surface area contributed by atoms with Gasteiger partial charge in [-0.25, -0.2) is 43.9 Å². The van der Waals surface area contributed by atoms with Crippen LogP contribution in [0.25, 0.3) is 32.9 Å². The lowest BCUT2D eigenvalue weighted by Gasteiger charge is -2.15. The van der Waals surface area contributed by atoms with Crippen molar-refractivity contribution in [1.29, 1.82) is 0 Å². The molecule has 13 aromatic rings. The molecule has 22 nitrogen and oxygen atoms in total. The van der Waals surface area contributed by atoms with E-state index in [2.05, 4.69) is 108 Å². The summed E-state index contributed by atoms with van der Waals surface area (Å²) in [7, 11) is 0. The van der Waals surface area contributed by atoms with Crippen molar-refractivity contribution in [3.63, 3.8) is 0 Å². The quantitative estimate of drug-likeness (QED) is 0.0436. The van der Waals surface area contributed by atoms with Gasteiger partial charge < -0.3 is 35.9 Å². The number of fused-ring (bicyclic) bond motifs is 2. The first kappa shape index (κ1) is 69.8. The van der Waals surface area contributed by atoms with Crippen molar-refractivity contribution < 1.29 is 23.8 Å². The summed E-state index contributed by atoms with van der Waals surface area (Å²) in [5.41, 5.74) is 16.7. The molecule has 0 unspecified atom stereocenters. The average molecular weight is 1350 g/mol. The van der Waals surface area contributed by atoms with Crippen LogP contribution < -0.4 is 46.5 Å². The van der Waals surface area contributed by atoms with Gasteiger partial charge in [0.15, 0.2) is 0 Å². The van der Waals surface area contributed by atoms with Crippen LogP contribution in [0.2, 0.25) is 0 Å². The Morgan fingerprint density at radius 3 is 1.45 bits per heavy atom. The summed E-state index contributed by atoms with van der Waals surface area (Å²) < 4.78 is 21.0. The lowest BCUT2D eigenvalue weighted by Crippen LogP contribution is -2.21. The van der Waals surface area contributed by atoms with Crippen LogP contribution in [-0.2, 0) is 36.9 Å². The highest BCUT2D eigenvalue weighted by atomic mass is 16.6. The summed E-state index contributed by atoms with van der Waals surface area (Å²) in [6.07, 6.45) is 12.9. The van der Waals surface area contributed by atoms with Crippen LogP contribution >= 0.6 is 0 Å². The van der Waals surface area contributed by atoms with Crippen molar-refractivity contribution in [3.05, 3.63) is 264 Å². The van der Waals surface area contributed by atoms with E-state index >= 15 is 0 Å². The molecule has 3 amide bonds. The highest BCUT2D eigenvalue weighted by Gasteiger charge is 2.24. The van der Waals surface area contributed by atoms with Crippen molar-refractivity contribution in [2.75, 3.05) is 32.3 Å². The zero-order chi connectivity index (χ0) is 71.0. The monoisotopic (exact) mass is 1350 g/mol.